The van der Waals surface area contributed by atoms with Crippen molar-refractivity contribution in [1.29, 1.82) is 0 Å². The lowest BCUT2D eigenvalue weighted by Crippen LogP contribution is -2.13. The molecule has 0 aliphatic carbocycles. The van der Waals surface area contributed by atoms with Crippen LogP contribution in [0.15, 0.2) is 39.8 Å². The molecule has 0 aliphatic heterocycles. The highest BCUT2D eigenvalue weighted by Gasteiger charge is 2.22. The third-order valence-electron chi connectivity index (χ3n) is 3.44. The first kappa shape index (κ1) is 17.8. The molecule has 0 saturated carbocycles. The number of benzene rings is 1. The fourth-order valence-electron chi connectivity index (χ4n) is 2.27. The van der Waals surface area contributed by atoms with Gasteiger partial charge in [-0.25, -0.2) is 8.42 Å². The van der Waals surface area contributed by atoms with E-state index in [4.69, 9.17) is 20.9 Å². The van der Waals surface area contributed by atoms with E-state index in [0.29, 0.717) is 32.0 Å². The van der Waals surface area contributed by atoms with E-state index in [9.17, 15) is 8.42 Å². The van der Waals surface area contributed by atoms with Gasteiger partial charge in [-0.05, 0) is 38.1 Å². The number of aromatic nitrogens is 1. The van der Waals surface area contributed by atoms with E-state index in [0.717, 1.165) is 5.69 Å². The molecule has 0 unspecified atom stereocenters. The first-order chi connectivity index (χ1) is 11.8. The number of aryl methyl sites for hydroxylation is 2. The zero-order chi connectivity index (χ0) is 18.2. The number of thiophene rings is 1. The van der Waals surface area contributed by atoms with Crippen LogP contribution >= 0.6 is 22.9 Å². The minimum absolute atomic E-state index is 0.188. The van der Waals surface area contributed by atoms with E-state index in [2.05, 4.69) is 9.88 Å². The van der Waals surface area contributed by atoms with Gasteiger partial charge in [-0.1, -0.05) is 16.8 Å². The molecular formula is C16H15ClN2O4S2. The molecule has 1 aromatic carbocycles. The summed E-state index contributed by atoms with van der Waals surface area (Å²) < 4.78 is 38.2. The molecule has 3 rings (SSSR count). The van der Waals surface area contributed by atoms with Crippen LogP contribution in [0.2, 0.25) is 5.02 Å². The molecule has 1 N–H and O–H groups in total. The van der Waals surface area contributed by atoms with Crippen LogP contribution in [-0.2, 0) is 10.0 Å². The highest BCUT2D eigenvalue weighted by atomic mass is 35.5. The van der Waals surface area contributed by atoms with Crippen molar-refractivity contribution in [2.75, 3.05) is 11.8 Å². The van der Waals surface area contributed by atoms with Gasteiger partial charge in [0.15, 0.2) is 5.76 Å². The van der Waals surface area contributed by atoms with Crippen LogP contribution in [0.4, 0.5) is 5.69 Å². The highest BCUT2D eigenvalue weighted by Crippen LogP contribution is 2.35. The van der Waals surface area contributed by atoms with Gasteiger partial charge < -0.3 is 9.26 Å². The molecule has 0 atom stereocenters. The smallest absolute Gasteiger partial charge is 0.263 e. The fraction of sp³-hybridized carbons (Fsp3) is 0.188. The van der Waals surface area contributed by atoms with Crippen LogP contribution in [-0.4, -0.2) is 20.7 Å². The summed E-state index contributed by atoms with van der Waals surface area (Å²) in [4.78, 5) is 1.54. The Morgan fingerprint density at radius 2 is 2.00 bits per heavy atom. The van der Waals surface area contributed by atoms with Crippen LogP contribution in [0.25, 0.3) is 10.6 Å². The Morgan fingerprint density at radius 3 is 2.60 bits per heavy atom. The van der Waals surface area contributed by atoms with E-state index < -0.39 is 10.0 Å². The maximum Gasteiger partial charge on any atom is 0.263 e. The predicted octanol–water partition coefficient (Wildman–Crippen LogP) is 4.48. The Labute approximate surface area is 154 Å². The SMILES string of the molecule is COc1ccc(NS(=O)(=O)c2cc(-c3cc(C)no3)sc2C)cc1Cl. The number of nitrogens with one attached hydrogen (secondary N) is 1. The average molecular weight is 399 g/mol. The van der Waals surface area contributed by atoms with Crippen molar-refractivity contribution < 1.29 is 17.7 Å². The van der Waals surface area contributed by atoms with Crippen LogP contribution in [0.5, 0.6) is 5.75 Å². The molecule has 2 heterocycles. The van der Waals surface area contributed by atoms with Crippen molar-refractivity contribution >= 4 is 38.6 Å². The minimum atomic E-state index is -3.76. The molecule has 0 aliphatic rings. The van der Waals surface area contributed by atoms with Gasteiger partial charge in [0.05, 0.1) is 28.4 Å². The Hall–Kier alpha value is -2.03. The van der Waals surface area contributed by atoms with Crippen molar-refractivity contribution in [2.24, 2.45) is 0 Å². The molecule has 0 fully saturated rings. The van der Waals surface area contributed by atoms with Gasteiger partial charge in [-0.15, -0.1) is 11.3 Å². The first-order valence-corrected chi connectivity index (χ1v) is 9.88. The summed E-state index contributed by atoms with van der Waals surface area (Å²) in [5, 5.41) is 4.15. The van der Waals surface area contributed by atoms with E-state index in [1.807, 2.05) is 0 Å². The largest absolute Gasteiger partial charge is 0.495 e. The number of sulfonamides is 1. The molecule has 2 aromatic heterocycles. The standard InChI is InChI=1S/C16H15ClN2O4S2/c1-9-6-14(23-18-9)15-8-16(10(2)24-15)25(20,21)19-11-4-5-13(22-3)12(17)7-11/h4-8,19H,1-3H3. The molecule has 132 valence electrons. The molecule has 25 heavy (non-hydrogen) atoms. The summed E-state index contributed by atoms with van der Waals surface area (Å²) in [5.41, 5.74) is 1.09. The van der Waals surface area contributed by atoms with Crippen LogP contribution in [0.3, 0.4) is 0 Å². The molecule has 0 radical (unpaired) electrons. The Morgan fingerprint density at radius 1 is 1.24 bits per heavy atom. The number of halogens is 1. The molecule has 3 aromatic rings. The molecule has 0 saturated heterocycles. The third-order valence-corrected chi connectivity index (χ3v) is 6.43. The fourth-order valence-corrected chi connectivity index (χ4v) is 5.12. The zero-order valence-electron chi connectivity index (χ0n) is 13.7. The second-order valence-corrected chi connectivity index (χ2v) is 8.63. The summed E-state index contributed by atoms with van der Waals surface area (Å²) in [6.07, 6.45) is 0. The topological polar surface area (TPSA) is 81.4 Å². The molecule has 6 nitrogen and oxygen atoms in total. The number of methoxy groups -OCH3 is 1. The molecule has 0 bridgehead atoms. The number of rotatable bonds is 5. The van der Waals surface area contributed by atoms with E-state index in [1.54, 1.807) is 38.1 Å². The number of hydrogen-bond acceptors (Lipinski definition) is 6. The van der Waals surface area contributed by atoms with Gasteiger partial charge in [-0.2, -0.15) is 0 Å². The average Bonchev–Trinajstić information content (AvgIpc) is 3.13. The normalized spacial score (nSPS) is 11.5. The summed E-state index contributed by atoms with van der Waals surface area (Å²) in [7, 11) is -2.27. The van der Waals surface area contributed by atoms with Crippen LogP contribution in [0.1, 0.15) is 10.6 Å². The molecule has 0 spiro atoms. The minimum Gasteiger partial charge on any atom is -0.495 e. The molecule has 0 amide bonds. The van der Waals surface area contributed by atoms with Gasteiger partial charge in [0.25, 0.3) is 10.0 Å². The van der Waals surface area contributed by atoms with Crippen molar-refractivity contribution in [2.45, 2.75) is 18.7 Å². The van der Waals surface area contributed by atoms with Crippen molar-refractivity contribution in [3.63, 3.8) is 0 Å². The lowest BCUT2D eigenvalue weighted by molar-refractivity contribution is 0.415. The summed E-state index contributed by atoms with van der Waals surface area (Å²) in [6, 6.07) is 8.03. The van der Waals surface area contributed by atoms with Gasteiger partial charge in [0, 0.05) is 10.9 Å². The van der Waals surface area contributed by atoms with E-state index in [-0.39, 0.29) is 4.90 Å². The maximum absolute atomic E-state index is 12.7. The van der Waals surface area contributed by atoms with Crippen molar-refractivity contribution in [3.8, 4) is 16.4 Å². The van der Waals surface area contributed by atoms with Gasteiger partial charge in [0.2, 0.25) is 0 Å². The lowest BCUT2D eigenvalue weighted by atomic mass is 10.3. The highest BCUT2D eigenvalue weighted by molar-refractivity contribution is 7.93. The second kappa shape index (κ2) is 6.70. The van der Waals surface area contributed by atoms with Gasteiger partial charge in [-0.3, -0.25) is 4.72 Å². The number of hydrogen-bond donors (Lipinski definition) is 1. The predicted molar refractivity (Wildman–Crippen MR) is 98.1 cm³/mol. The lowest BCUT2D eigenvalue weighted by Gasteiger charge is -2.09. The number of ether oxygens (including phenoxy) is 1. The summed E-state index contributed by atoms with van der Waals surface area (Å²) in [6.45, 7) is 3.55. The molecule has 9 heteroatoms. The quantitative estimate of drug-likeness (QED) is 0.685. The number of anilines is 1. The molecular weight excluding hydrogens is 384 g/mol. The third kappa shape index (κ3) is 3.65. The summed E-state index contributed by atoms with van der Waals surface area (Å²) >= 11 is 7.37. The van der Waals surface area contributed by atoms with Crippen LogP contribution in [0, 0.1) is 13.8 Å². The Kier molecular flexibility index (Phi) is 4.77. The van der Waals surface area contributed by atoms with Crippen LogP contribution < -0.4 is 9.46 Å². The summed E-state index contributed by atoms with van der Waals surface area (Å²) in [5.74, 6) is 1.01. The Bertz CT molecular complexity index is 1020. The van der Waals surface area contributed by atoms with Crippen molar-refractivity contribution in [3.05, 3.63) is 45.9 Å². The number of nitrogens with zero attached hydrogens (tertiary/aromatic N) is 1. The monoisotopic (exact) mass is 398 g/mol. The van der Waals surface area contributed by atoms with Gasteiger partial charge in [0.1, 0.15) is 10.6 Å². The van der Waals surface area contributed by atoms with Crippen molar-refractivity contribution in [1.82, 2.24) is 5.16 Å². The van der Waals surface area contributed by atoms with E-state index in [1.165, 1.54) is 24.5 Å². The van der Waals surface area contributed by atoms with Gasteiger partial charge >= 0.3 is 0 Å². The Balaban J connectivity index is 1.92. The maximum atomic E-state index is 12.7. The second-order valence-electron chi connectivity index (χ2n) is 5.32. The zero-order valence-corrected chi connectivity index (χ0v) is 16.1. The van der Waals surface area contributed by atoms with E-state index >= 15 is 0 Å². The first-order valence-electron chi connectivity index (χ1n) is 7.20.